The van der Waals surface area contributed by atoms with Gasteiger partial charge in [-0.1, -0.05) is 18.2 Å². The average molecular weight is 465 g/mol. The number of rotatable bonds is 9. The van der Waals surface area contributed by atoms with Crippen LogP contribution in [0, 0.1) is 0 Å². The normalized spacial score (nSPS) is 11.6. The molecule has 0 radical (unpaired) electrons. The van der Waals surface area contributed by atoms with E-state index in [-0.39, 0.29) is 23.9 Å². The van der Waals surface area contributed by atoms with Crippen molar-refractivity contribution < 1.29 is 17.6 Å². The van der Waals surface area contributed by atoms with E-state index in [1.54, 1.807) is 42.6 Å². The maximum absolute atomic E-state index is 12.4. The Hall–Kier alpha value is -4.09. The highest BCUT2D eigenvalue weighted by Crippen LogP contribution is 2.13. The number of carbonyl (C=O) groups is 1. The number of benzene rings is 1. The van der Waals surface area contributed by atoms with Crippen molar-refractivity contribution in [2.24, 2.45) is 0 Å². The molecular weight excluding hydrogens is 444 g/mol. The molecule has 168 valence electrons. The molecule has 0 spiro atoms. The van der Waals surface area contributed by atoms with E-state index >= 15 is 0 Å². The van der Waals surface area contributed by atoms with E-state index in [2.05, 4.69) is 25.1 Å². The van der Waals surface area contributed by atoms with E-state index in [4.69, 9.17) is 4.42 Å². The van der Waals surface area contributed by atoms with Crippen LogP contribution in [0.5, 0.6) is 0 Å². The predicted molar refractivity (Wildman–Crippen MR) is 119 cm³/mol. The van der Waals surface area contributed by atoms with Crippen LogP contribution in [0.3, 0.4) is 0 Å². The van der Waals surface area contributed by atoms with Crippen molar-refractivity contribution in [3.05, 3.63) is 96.6 Å². The van der Waals surface area contributed by atoms with E-state index in [1.807, 2.05) is 6.07 Å². The maximum Gasteiger partial charge on any atom is 0.244 e. The second kappa shape index (κ2) is 10.0. The molecule has 0 saturated heterocycles. The smallest absolute Gasteiger partial charge is 0.244 e. The van der Waals surface area contributed by atoms with Gasteiger partial charge in [-0.05, 0) is 42.0 Å². The number of nitrogens with zero attached hydrogens (tertiary/aromatic N) is 4. The summed E-state index contributed by atoms with van der Waals surface area (Å²) < 4.78 is 33.9. The Morgan fingerprint density at radius 3 is 2.67 bits per heavy atom. The van der Waals surface area contributed by atoms with Crippen LogP contribution in [0.25, 0.3) is 11.9 Å². The molecule has 0 aliphatic rings. The second-order valence-corrected chi connectivity index (χ2v) is 8.62. The van der Waals surface area contributed by atoms with Gasteiger partial charge in [0.2, 0.25) is 15.9 Å². The first kappa shape index (κ1) is 22.1. The lowest BCUT2D eigenvalue weighted by Gasteiger charge is -2.08. The molecule has 0 fully saturated rings. The highest BCUT2D eigenvalue weighted by atomic mass is 32.2. The molecule has 1 amide bonds. The van der Waals surface area contributed by atoms with E-state index in [9.17, 15) is 13.2 Å². The van der Waals surface area contributed by atoms with Gasteiger partial charge in [-0.3, -0.25) is 4.79 Å². The first-order chi connectivity index (χ1) is 16.0. The number of hydrogen-bond acceptors (Lipinski definition) is 7. The molecule has 1 aromatic carbocycles. The number of carbonyl (C=O) groups excluding carboxylic acids is 1. The molecule has 0 saturated carbocycles. The fraction of sp³-hybridized carbons (Fsp3) is 0.0909. The molecule has 0 aliphatic heterocycles. The van der Waals surface area contributed by atoms with Crippen molar-refractivity contribution in [3.8, 4) is 5.82 Å². The monoisotopic (exact) mass is 464 g/mol. The minimum Gasteiger partial charge on any atom is -0.468 e. The quantitative estimate of drug-likeness (QED) is 0.362. The second-order valence-electron chi connectivity index (χ2n) is 6.85. The van der Waals surface area contributed by atoms with Crippen molar-refractivity contribution in [2.75, 3.05) is 0 Å². The van der Waals surface area contributed by atoms with Gasteiger partial charge in [0, 0.05) is 24.4 Å². The van der Waals surface area contributed by atoms with Crippen molar-refractivity contribution in [3.63, 3.8) is 0 Å². The molecule has 4 rings (SSSR count). The number of nitrogens with one attached hydrogen (secondary N) is 2. The average Bonchev–Trinajstić information content (AvgIpc) is 3.55. The van der Waals surface area contributed by atoms with Gasteiger partial charge in [-0.15, -0.1) is 0 Å². The van der Waals surface area contributed by atoms with Crippen molar-refractivity contribution in [1.29, 1.82) is 0 Å². The maximum atomic E-state index is 12.4. The van der Waals surface area contributed by atoms with Crippen LogP contribution < -0.4 is 10.0 Å². The standard InChI is InChI=1S/C22H20N6O4S/c29-21(25-13-18-3-1-11-24-22(18)28-16-23-15-26-28)10-7-17-5-8-20(9-6-17)33(30,31)27-14-19-4-2-12-32-19/h1-12,15-16,27H,13-14H2,(H,25,29)/b10-7+. The summed E-state index contributed by atoms with van der Waals surface area (Å²) in [6.07, 6.45) is 9.04. The number of furan rings is 1. The topological polar surface area (TPSA) is 132 Å². The van der Waals surface area contributed by atoms with Crippen LogP contribution in [0.2, 0.25) is 0 Å². The molecule has 3 aromatic heterocycles. The molecule has 10 nitrogen and oxygen atoms in total. The molecule has 3 heterocycles. The van der Waals surface area contributed by atoms with Gasteiger partial charge in [0.25, 0.3) is 0 Å². The third kappa shape index (κ3) is 5.79. The fourth-order valence-electron chi connectivity index (χ4n) is 2.93. The van der Waals surface area contributed by atoms with Gasteiger partial charge in [0.05, 0.1) is 17.7 Å². The lowest BCUT2D eigenvalue weighted by molar-refractivity contribution is -0.116. The van der Waals surface area contributed by atoms with Gasteiger partial charge < -0.3 is 9.73 Å². The van der Waals surface area contributed by atoms with Crippen molar-refractivity contribution in [2.45, 2.75) is 18.0 Å². The van der Waals surface area contributed by atoms with Gasteiger partial charge in [0.15, 0.2) is 5.82 Å². The van der Waals surface area contributed by atoms with Crippen molar-refractivity contribution in [1.82, 2.24) is 29.8 Å². The SMILES string of the molecule is O=C(/C=C/c1ccc(S(=O)(=O)NCc2ccco2)cc1)NCc1cccnc1-n1cncn1. The van der Waals surface area contributed by atoms with Gasteiger partial charge >= 0.3 is 0 Å². The van der Waals surface area contributed by atoms with Crippen LogP contribution in [-0.4, -0.2) is 34.1 Å². The van der Waals surface area contributed by atoms with Gasteiger partial charge in [-0.2, -0.15) is 5.10 Å². The van der Waals surface area contributed by atoms with Crippen LogP contribution in [0.15, 0.2) is 89.0 Å². The summed E-state index contributed by atoms with van der Waals surface area (Å²) in [4.78, 5) is 20.6. The molecule has 4 aromatic rings. The number of sulfonamides is 1. The lowest BCUT2D eigenvalue weighted by atomic mass is 10.2. The van der Waals surface area contributed by atoms with E-state index in [0.29, 0.717) is 17.1 Å². The Morgan fingerprint density at radius 1 is 1.09 bits per heavy atom. The Bertz CT molecular complexity index is 1330. The highest BCUT2D eigenvalue weighted by molar-refractivity contribution is 7.89. The summed E-state index contributed by atoms with van der Waals surface area (Å²) in [5.74, 6) is 0.792. The summed E-state index contributed by atoms with van der Waals surface area (Å²) in [7, 11) is -3.68. The third-order valence-corrected chi connectivity index (χ3v) is 6.01. The molecule has 0 aliphatic carbocycles. The summed E-state index contributed by atoms with van der Waals surface area (Å²) in [5, 5.41) is 6.86. The Labute approximate surface area is 190 Å². The van der Waals surface area contributed by atoms with E-state index in [0.717, 1.165) is 5.56 Å². The number of hydrogen-bond donors (Lipinski definition) is 2. The highest BCUT2D eigenvalue weighted by Gasteiger charge is 2.14. The molecular formula is C22H20N6O4S. The van der Waals surface area contributed by atoms with Crippen LogP contribution >= 0.6 is 0 Å². The van der Waals surface area contributed by atoms with E-state index < -0.39 is 10.0 Å². The summed E-state index contributed by atoms with van der Waals surface area (Å²) in [6.45, 7) is 0.317. The summed E-state index contributed by atoms with van der Waals surface area (Å²) in [6, 6.07) is 13.2. The number of aromatic nitrogens is 4. The van der Waals surface area contributed by atoms with Gasteiger partial charge in [0.1, 0.15) is 18.4 Å². The van der Waals surface area contributed by atoms with E-state index in [1.165, 1.54) is 41.8 Å². The zero-order valence-corrected chi connectivity index (χ0v) is 18.1. The number of pyridine rings is 1. The van der Waals surface area contributed by atoms with Gasteiger partial charge in [-0.25, -0.2) is 27.8 Å². The fourth-order valence-corrected chi connectivity index (χ4v) is 3.92. The largest absolute Gasteiger partial charge is 0.468 e. The molecule has 11 heteroatoms. The lowest BCUT2D eigenvalue weighted by Crippen LogP contribution is -2.23. The number of amides is 1. The third-order valence-electron chi connectivity index (χ3n) is 4.59. The molecule has 0 atom stereocenters. The minimum absolute atomic E-state index is 0.0622. The van der Waals surface area contributed by atoms with Crippen LogP contribution in [0.1, 0.15) is 16.9 Å². The Balaban J connectivity index is 1.33. The first-order valence-corrected chi connectivity index (χ1v) is 11.4. The van der Waals surface area contributed by atoms with Crippen LogP contribution in [0.4, 0.5) is 0 Å². The predicted octanol–water partition coefficient (Wildman–Crippen LogP) is 2.06. The Kier molecular flexibility index (Phi) is 6.72. The zero-order chi connectivity index (χ0) is 23.1. The Morgan fingerprint density at radius 2 is 1.94 bits per heavy atom. The molecule has 0 bridgehead atoms. The van der Waals surface area contributed by atoms with Crippen molar-refractivity contribution >= 4 is 22.0 Å². The molecule has 2 N–H and O–H groups in total. The zero-order valence-electron chi connectivity index (χ0n) is 17.3. The van der Waals surface area contributed by atoms with Crippen LogP contribution in [-0.2, 0) is 27.9 Å². The molecule has 0 unspecified atom stereocenters. The minimum atomic E-state index is -3.68. The first-order valence-electron chi connectivity index (χ1n) is 9.88. The molecule has 33 heavy (non-hydrogen) atoms. The summed E-state index contributed by atoms with van der Waals surface area (Å²) in [5.41, 5.74) is 1.46. The summed E-state index contributed by atoms with van der Waals surface area (Å²) >= 11 is 0.